The van der Waals surface area contributed by atoms with Crippen LogP contribution in [0.25, 0.3) is 10.8 Å². The third-order valence-corrected chi connectivity index (χ3v) is 6.27. The lowest BCUT2D eigenvalue weighted by atomic mass is 10.1. The van der Waals surface area contributed by atoms with Crippen LogP contribution in [0.1, 0.15) is 12.8 Å². The van der Waals surface area contributed by atoms with E-state index in [1.807, 2.05) is 0 Å². The molecule has 1 aliphatic heterocycles. The molecule has 0 N–H and O–H groups in total. The average molecular weight is 369 g/mol. The molecule has 0 amide bonds. The van der Waals surface area contributed by atoms with E-state index in [2.05, 4.69) is 36.4 Å². The van der Waals surface area contributed by atoms with Gasteiger partial charge in [-0.3, -0.25) is 0 Å². The number of benzene rings is 2. The van der Waals surface area contributed by atoms with E-state index < -0.39 is 0 Å². The Morgan fingerprint density at radius 3 is 2.38 bits per heavy atom. The van der Waals surface area contributed by atoms with Gasteiger partial charge in [0.25, 0.3) is 0 Å². The molecule has 4 heteroatoms. The molecule has 114 valence electrons. The van der Waals surface area contributed by atoms with Crippen LogP contribution in [-0.2, 0) is 15.6 Å². The van der Waals surface area contributed by atoms with Crippen molar-refractivity contribution in [2.24, 2.45) is 0 Å². The van der Waals surface area contributed by atoms with Crippen molar-refractivity contribution in [2.45, 2.75) is 17.7 Å². The van der Waals surface area contributed by atoms with Gasteiger partial charge in [-0.05, 0) is 31.0 Å². The van der Waals surface area contributed by atoms with E-state index in [1.54, 1.807) is 7.11 Å². The Bertz CT molecular complexity index is 582. The van der Waals surface area contributed by atoms with E-state index in [4.69, 9.17) is 9.47 Å². The number of hydrogen-bond acceptors (Lipinski definition) is 2. The summed E-state index contributed by atoms with van der Waals surface area (Å²) < 4.78 is 10.9. The first kappa shape index (κ1) is 16.7. The van der Waals surface area contributed by atoms with Crippen LogP contribution in [0.2, 0.25) is 0 Å². The maximum absolute atomic E-state index is 5.86. The summed E-state index contributed by atoms with van der Waals surface area (Å²) in [6.07, 6.45) is 2.76. The van der Waals surface area contributed by atoms with Gasteiger partial charge < -0.3 is 26.5 Å². The zero-order chi connectivity index (χ0) is 13.8. The van der Waals surface area contributed by atoms with Crippen LogP contribution in [-0.4, -0.2) is 31.8 Å². The van der Waals surface area contributed by atoms with E-state index in [0.717, 1.165) is 5.75 Å². The summed E-state index contributed by atoms with van der Waals surface area (Å²) in [6.45, 7) is 1.23. The molecular formula is C17H21BrO2S. The molecule has 0 atom stereocenters. The fraction of sp³-hybridized carbons (Fsp3) is 0.412. The van der Waals surface area contributed by atoms with Gasteiger partial charge in [-0.15, -0.1) is 0 Å². The monoisotopic (exact) mass is 368 g/mol. The molecule has 1 aliphatic rings. The Hall–Kier alpha value is -0.710. The average Bonchev–Trinajstić information content (AvgIpc) is 3.01. The van der Waals surface area contributed by atoms with Crippen LogP contribution in [0, 0.1) is 0 Å². The van der Waals surface area contributed by atoms with Gasteiger partial charge in [0.15, 0.2) is 4.90 Å². The van der Waals surface area contributed by atoms with Crippen LogP contribution < -0.4 is 21.7 Å². The van der Waals surface area contributed by atoms with Gasteiger partial charge in [-0.25, -0.2) is 0 Å². The minimum absolute atomic E-state index is 0. The summed E-state index contributed by atoms with van der Waals surface area (Å²) in [5.74, 6) is 3.69. The van der Waals surface area contributed by atoms with Crippen LogP contribution in [0.4, 0.5) is 0 Å². The van der Waals surface area contributed by atoms with Gasteiger partial charge in [0.2, 0.25) is 0 Å². The Balaban J connectivity index is 0.00000161. The Morgan fingerprint density at radius 1 is 0.952 bits per heavy atom. The normalized spacial score (nSPS) is 15.1. The van der Waals surface area contributed by atoms with E-state index in [-0.39, 0.29) is 17.0 Å². The second-order valence-corrected chi connectivity index (χ2v) is 7.30. The van der Waals surface area contributed by atoms with Crippen molar-refractivity contribution in [3.05, 3.63) is 36.4 Å². The first-order valence-electron chi connectivity index (χ1n) is 7.21. The smallest absolute Gasteiger partial charge is 0.162 e. The van der Waals surface area contributed by atoms with E-state index in [0.29, 0.717) is 24.1 Å². The van der Waals surface area contributed by atoms with Crippen LogP contribution in [0.15, 0.2) is 41.3 Å². The van der Waals surface area contributed by atoms with Crippen molar-refractivity contribution in [1.82, 2.24) is 0 Å². The summed E-state index contributed by atoms with van der Waals surface area (Å²) in [4.78, 5) is 1.53. The predicted octanol–water partition coefficient (Wildman–Crippen LogP) is 0.640. The van der Waals surface area contributed by atoms with Crippen molar-refractivity contribution in [2.75, 3.05) is 31.8 Å². The minimum atomic E-state index is 0. The quantitative estimate of drug-likeness (QED) is 0.569. The summed E-state index contributed by atoms with van der Waals surface area (Å²) in [7, 11) is 2.14. The Labute approximate surface area is 139 Å². The second kappa shape index (κ2) is 8.06. The molecule has 0 aromatic heterocycles. The predicted molar refractivity (Wildman–Crippen MR) is 85.9 cm³/mol. The molecule has 2 aromatic carbocycles. The summed E-state index contributed by atoms with van der Waals surface area (Å²) >= 11 is 0. The highest BCUT2D eigenvalue weighted by molar-refractivity contribution is 7.97. The van der Waals surface area contributed by atoms with Crippen molar-refractivity contribution in [3.63, 3.8) is 0 Å². The fourth-order valence-corrected chi connectivity index (χ4v) is 5.23. The zero-order valence-electron chi connectivity index (χ0n) is 12.3. The first-order chi connectivity index (χ1) is 9.90. The van der Waals surface area contributed by atoms with E-state index in [9.17, 15) is 0 Å². The highest BCUT2D eigenvalue weighted by Crippen LogP contribution is 2.34. The minimum Gasteiger partial charge on any atom is -1.00 e. The molecule has 1 heterocycles. The summed E-state index contributed by atoms with van der Waals surface area (Å²) in [5.41, 5.74) is 0. The Kier molecular flexibility index (Phi) is 6.40. The third kappa shape index (κ3) is 3.74. The molecule has 21 heavy (non-hydrogen) atoms. The van der Waals surface area contributed by atoms with Crippen molar-refractivity contribution < 1.29 is 26.5 Å². The number of rotatable bonds is 5. The van der Waals surface area contributed by atoms with Gasteiger partial charge in [-0.1, -0.05) is 18.2 Å². The number of ether oxygens (including phenoxy) is 2. The molecule has 0 aliphatic carbocycles. The molecule has 2 aromatic rings. The topological polar surface area (TPSA) is 18.5 Å². The molecule has 0 spiro atoms. The number of methoxy groups -OCH3 is 1. The molecule has 0 bridgehead atoms. The number of hydrogen-bond donors (Lipinski definition) is 0. The van der Waals surface area contributed by atoms with Gasteiger partial charge in [-0.2, -0.15) is 0 Å². The lowest BCUT2D eigenvalue weighted by molar-refractivity contribution is -0.00000458. The van der Waals surface area contributed by atoms with E-state index >= 15 is 0 Å². The maximum atomic E-state index is 5.86. The van der Waals surface area contributed by atoms with Crippen molar-refractivity contribution in [1.29, 1.82) is 0 Å². The van der Waals surface area contributed by atoms with Gasteiger partial charge in [0, 0.05) is 28.8 Å². The molecule has 0 unspecified atom stereocenters. The standard InChI is InChI=1S/C17H21O2S.BrH/c1-18-10-11-19-16-8-9-17(20-12-4-5-13-20)15-7-3-2-6-14(15)16;/h2-3,6-9H,4-5,10-13H2,1H3;1H/q+1;/p-1. The molecule has 0 saturated carbocycles. The van der Waals surface area contributed by atoms with Gasteiger partial charge in [0.05, 0.1) is 6.61 Å². The number of halogens is 1. The van der Waals surface area contributed by atoms with Crippen molar-refractivity contribution >= 4 is 21.7 Å². The molecule has 1 saturated heterocycles. The SMILES string of the molecule is COCCOc1ccc([S+]2CCCC2)c2ccccc12.[Br-]. The van der Waals surface area contributed by atoms with Crippen LogP contribution in [0.5, 0.6) is 5.75 Å². The maximum Gasteiger partial charge on any atom is 0.162 e. The highest BCUT2D eigenvalue weighted by atomic mass is 79.9. The fourth-order valence-electron chi connectivity index (χ4n) is 2.73. The molecule has 1 fully saturated rings. The van der Waals surface area contributed by atoms with Crippen molar-refractivity contribution in [3.8, 4) is 5.75 Å². The second-order valence-electron chi connectivity index (χ2n) is 5.06. The van der Waals surface area contributed by atoms with E-state index in [1.165, 1.54) is 40.0 Å². The zero-order valence-corrected chi connectivity index (χ0v) is 14.7. The number of fused-ring (bicyclic) bond motifs is 1. The van der Waals surface area contributed by atoms with Gasteiger partial charge >= 0.3 is 0 Å². The van der Waals surface area contributed by atoms with Crippen LogP contribution in [0.3, 0.4) is 0 Å². The largest absolute Gasteiger partial charge is 1.00 e. The Morgan fingerprint density at radius 2 is 1.67 bits per heavy atom. The first-order valence-corrected chi connectivity index (χ1v) is 8.77. The molecule has 3 rings (SSSR count). The molecule has 2 nitrogen and oxygen atoms in total. The highest BCUT2D eigenvalue weighted by Gasteiger charge is 2.29. The molecule has 0 radical (unpaired) electrons. The molecular weight excluding hydrogens is 348 g/mol. The third-order valence-electron chi connectivity index (χ3n) is 3.73. The lowest BCUT2D eigenvalue weighted by Gasteiger charge is -2.11. The van der Waals surface area contributed by atoms with Crippen LogP contribution >= 0.6 is 0 Å². The van der Waals surface area contributed by atoms with Gasteiger partial charge in [0.1, 0.15) is 23.9 Å². The lowest BCUT2D eigenvalue weighted by Crippen LogP contribution is -3.00. The summed E-state index contributed by atoms with van der Waals surface area (Å²) in [6, 6.07) is 13.0. The summed E-state index contributed by atoms with van der Waals surface area (Å²) in [5, 5.41) is 2.60.